The van der Waals surface area contributed by atoms with Crippen LogP contribution in [0.2, 0.25) is 0 Å². The molecule has 4 aliphatic carbocycles. The van der Waals surface area contributed by atoms with E-state index in [4.69, 9.17) is 4.42 Å². The third-order valence-corrected chi connectivity index (χ3v) is 11.4. The summed E-state index contributed by atoms with van der Waals surface area (Å²) in [7, 11) is 0. The van der Waals surface area contributed by atoms with Crippen molar-refractivity contribution in [1.82, 2.24) is 4.98 Å². The van der Waals surface area contributed by atoms with Crippen LogP contribution in [0.15, 0.2) is 27.4 Å². The van der Waals surface area contributed by atoms with Gasteiger partial charge in [0.1, 0.15) is 11.3 Å². The highest BCUT2D eigenvalue weighted by Gasteiger charge is 2.59. The highest BCUT2D eigenvalue weighted by Crippen LogP contribution is 2.67. The molecule has 184 valence electrons. The van der Waals surface area contributed by atoms with Crippen LogP contribution >= 0.6 is 0 Å². The molecule has 0 bridgehead atoms. The van der Waals surface area contributed by atoms with Gasteiger partial charge in [0, 0.05) is 6.42 Å². The van der Waals surface area contributed by atoms with Crippen molar-refractivity contribution in [3.8, 4) is 0 Å². The maximum absolute atomic E-state index is 14.2. The number of nitrogens with zero attached hydrogens (tertiary/aromatic N) is 1. The molecule has 0 amide bonds. The van der Waals surface area contributed by atoms with Crippen LogP contribution in [0.3, 0.4) is 0 Å². The summed E-state index contributed by atoms with van der Waals surface area (Å²) < 4.78 is 19.6. The summed E-state index contributed by atoms with van der Waals surface area (Å²) in [6.07, 6.45) is 17.1. The molecule has 0 radical (unpaired) electrons. The van der Waals surface area contributed by atoms with Crippen LogP contribution in [0.25, 0.3) is 10.9 Å². The van der Waals surface area contributed by atoms with Gasteiger partial charge in [-0.1, -0.05) is 32.8 Å². The van der Waals surface area contributed by atoms with Crippen molar-refractivity contribution in [2.45, 2.75) is 97.3 Å². The predicted octanol–water partition coefficient (Wildman–Crippen LogP) is 7.70. The number of benzene rings is 1. The van der Waals surface area contributed by atoms with Gasteiger partial charge in [-0.3, -0.25) is 0 Å². The van der Waals surface area contributed by atoms with Crippen molar-refractivity contribution in [1.29, 1.82) is 0 Å². The first kappa shape index (κ1) is 22.7. The molecular weight excluding hydrogens is 425 g/mol. The van der Waals surface area contributed by atoms with Crippen molar-refractivity contribution in [2.75, 3.05) is 0 Å². The van der Waals surface area contributed by atoms with Crippen LogP contribution in [0.1, 0.15) is 96.8 Å². The molecule has 34 heavy (non-hydrogen) atoms. The molecule has 6 rings (SSSR count). The van der Waals surface area contributed by atoms with E-state index in [2.05, 4.69) is 18.8 Å². The number of para-hydroxylation sites is 1. The minimum Gasteiger partial charge on any atom is -0.408 e. The molecule has 4 aliphatic rings. The lowest BCUT2D eigenvalue weighted by atomic mass is 9.45. The molecule has 1 aromatic carbocycles. The van der Waals surface area contributed by atoms with Gasteiger partial charge in [0.2, 0.25) is 0 Å². The van der Waals surface area contributed by atoms with E-state index in [1.165, 1.54) is 76.3 Å². The zero-order valence-electron chi connectivity index (χ0n) is 21.0. The van der Waals surface area contributed by atoms with Crippen LogP contribution in [0.4, 0.5) is 4.39 Å². The Morgan fingerprint density at radius 1 is 1.00 bits per heavy atom. The van der Waals surface area contributed by atoms with Crippen molar-refractivity contribution >= 4 is 10.9 Å². The highest BCUT2D eigenvalue weighted by molar-refractivity contribution is 5.77. The zero-order chi connectivity index (χ0) is 23.5. The molecule has 0 spiro atoms. The van der Waals surface area contributed by atoms with Crippen molar-refractivity contribution in [3.63, 3.8) is 0 Å². The van der Waals surface area contributed by atoms with E-state index in [0.29, 0.717) is 23.1 Å². The minimum absolute atomic E-state index is 0.145. The molecule has 7 unspecified atom stereocenters. The van der Waals surface area contributed by atoms with Gasteiger partial charge in [-0.2, -0.15) is 0 Å². The first-order valence-corrected chi connectivity index (χ1v) is 14.0. The molecule has 3 nitrogen and oxygen atoms in total. The normalized spacial score (nSPS) is 39.4. The molecule has 0 aliphatic heterocycles. The standard InChI is InChI=1S/C30H40FNO2/c1-29-17-4-3-7-19(29)12-14-21-23-15-13-20(30(23,2)18-16-24(21)29)8-5-11-26-32-27-22(28(33)34-26)9-6-10-25(27)31/h6,9-10,19-21,23-24H,3-5,7-8,11-18H2,1-2H3. The SMILES string of the molecule is CC12CCCCC1CCC1C2CCC2(C)C(CCCc3nc4c(F)cccc4c(=O)o3)CCC12. The molecule has 4 fully saturated rings. The molecule has 7 atom stereocenters. The molecule has 1 heterocycles. The third kappa shape index (κ3) is 3.49. The fourth-order valence-corrected chi connectivity index (χ4v) is 9.59. The number of aryl methyl sites for hydroxylation is 1. The van der Waals surface area contributed by atoms with E-state index in [1.54, 1.807) is 6.07 Å². The summed E-state index contributed by atoms with van der Waals surface area (Å²) in [4.78, 5) is 16.7. The van der Waals surface area contributed by atoms with Gasteiger partial charge in [0.25, 0.3) is 0 Å². The Hall–Kier alpha value is -1.71. The first-order valence-electron chi connectivity index (χ1n) is 14.0. The lowest BCUT2D eigenvalue weighted by molar-refractivity contribution is -0.111. The summed E-state index contributed by atoms with van der Waals surface area (Å²) >= 11 is 0. The summed E-state index contributed by atoms with van der Waals surface area (Å²) in [5, 5.41) is 0.230. The predicted molar refractivity (Wildman–Crippen MR) is 133 cm³/mol. The number of hydrogen-bond donors (Lipinski definition) is 0. The fraction of sp³-hybridized carbons (Fsp3) is 0.733. The monoisotopic (exact) mass is 465 g/mol. The largest absolute Gasteiger partial charge is 0.408 e. The second-order valence-corrected chi connectivity index (χ2v) is 12.6. The molecule has 4 heteroatoms. The van der Waals surface area contributed by atoms with Gasteiger partial charge in [-0.25, -0.2) is 14.2 Å². The molecule has 2 aromatic rings. The van der Waals surface area contributed by atoms with Crippen LogP contribution in [0, 0.1) is 46.2 Å². The maximum atomic E-state index is 14.2. The Labute approximate surface area is 202 Å². The summed E-state index contributed by atoms with van der Waals surface area (Å²) in [5.74, 6) is 4.45. The number of aromatic nitrogens is 1. The summed E-state index contributed by atoms with van der Waals surface area (Å²) in [5.41, 5.74) is 0.738. The molecular formula is C30H40FNO2. The molecule has 0 N–H and O–H groups in total. The van der Waals surface area contributed by atoms with Crippen molar-refractivity contribution in [2.24, 2.45) is 40.4 Å². The zero-order valence-corrected chi connectivity index (χ0v) is 21.0. The number of fused-ring (bicyclic) bond motifs is 6. The Bertz CT molecular complexity index is 1130. The van der Waals surface area contributed by atoms with E-state index in [0.717, 1.165) is 42.4 Å². The average molecular weight is 466 g/mol. The fourth-order valence-electron chi connectivity index (χ4n) is 9.59. The van der Waals surface area contributed by atoms with Gasteiger partial charge in [0.05, 0.1) is 5.39 Å². The van der Waals surface area contributed by atoms with Crippen LogP contribution in [-0.4, -0.2) is 4.98 Å². The van der Waals surface area contributed by atoms with Crippen molar-refractivity contribution in [3.05, 3.63) is 40.3 Å². The van der Waals surface area contributed by atoms with Crippen LogP contribution in [0.5, 0.6) is 0 Å². The van der Waals surface area contributed by atoms with Crippen LogP contribution < -0.4 is 5.63 Å². The quantitative estimate of drug-likeness (QED) is 0.465. The topological polar surface area (TPSA) is 43.1 Å². The van der Waals surface area contributed by atoms with Gasteiger partial charge >= 0.3 is 5.63 Å². The minimum atomic E-state index is -0.475. The Morgan fingerprint density at radius 2 is 1.85 bits per heavy atom. The number of hydrogen-bond acceptors (Lipinski definition) is 3. The summed E-state index contributed by atoms with van der Waals surface area (Å²) in [6, 6.07) is 4.47. The van der Waals surface area contributed by atoms with Gasteiger partial charge in [-0.15, -0.1) is 0 Å². The third-order valence-electron chi connectivity index (χ3n) is 11.4. The molecule has 0 saturated heterocycles. The highest BCUT2D eigenvalue weighted by atomic mass is 19.1. The number of halogens is 1. The Balaban J connectivity index is 1.14. The second kappa shape index (κ2) is 8.45. The summed E-state index contributed by atoms with van der Waals surface area (Å²) in [6.45, 7) is 5.26. The lowest BCUT2D eigenvalue weighted by Gasteiger charge is -2.60. The second-order valence-electron chi connectivity index (χ2n) is 12.6. The van der Waals surface area contributed by atoms with E-state index in [9.17, 15) is 9.18 Å². The van der Waals surface area contributed by atoms with E-state index < -0.39 is 11.4 Å². The van der Waals surface area contributed by atoms with E-state index in [1.807, 2.05) is 0 Å². The Morgan fingerprint density at radius 3 is 2.74 bits per heavy atom. The average Bonchev–Trinajstić information content (AvgIpc) is 3.16. The molecule has 4 saturated carbocycles. The van der Waals surface area contributed by atoms with E-state index in [-0.39, 0.29) is 10.9 Å². The van der Waals surface area contributed by atoms with Crippen molar-refractivity contribution < 1.29 is 8.81 Å². The molecule has 1 aromatic heterocycles. The Kier molecular flexibility index (Phi) is 5.65. The van der Waals surface area contributed by atoms with E-state index >= 15 is 0 Å². The number of rotatable bonds is 4. The smallest absolute Gasteiger partial charge is 0.346 e. The maximum Gasteiger partial charge on any atom is 0.346 e. The lowest BCUT2D eigenvalue weighted by Crippen LogP contribution is -2.52. The van der Waals surface area contributed by atoms with Gasteiger partial charge < -0.3 is 4.42 Å². The van der Waals surface area contributed by atoms with Crippen LogP contribution in [-0.2, 0) is 6.42 Å². The first-order chi connectivity index (χ1) is 16.4. The van der Waals surface area contributed by atoms with Gasteiger partial charge in [-0.05, 0) is 117 Å². The van der Waals surface area contributed by atoms with Gasteiger partial charge in [0.15, 0.2) is 5.89 Å².